The molecule has 0 saturated carbocycles. The Morgan fingerprint density at radius 3 is 2.57 bits per heavy atom. The third-order valence-electron chi connectivity index (χ3n) is 2.19. The molecule has 1 rings (SSSR count). The van der Waals surface area contributed by atoms with Gasteiger partial charge in [0, 0.05) is 17.6 Å². The number of hydrogen-bond acceptors (Lipinski definition) is 2. The Bertz CT molecular complexity index is 310. The highest BCUT2D eigenvalue weighted by Gasteiger charge is 2.08. The Kier molecular flexibility index (Phi) is 3.93. The monoisotopic (exact) mass is 212 g/mol. The fourth-order valence-electron chi connectivity index (χ4n) is 1.34. The maximum Gasteiger partial charge on any atom is 0.0438 e. The fraction of sp³-hybridized carbons (Fsp3) is 0.455. The Morgan fingerprint density at radius 1 is 1.43 bits per heavy atom. The largest absolute Gasteiger partial charge is 0.323 e. The lowest BCUT2D eigenvalue weighted by Crippen LogP contribution is -2.25. The van der Waals surface area contributed by atoms with Crippen molar-refractivity contribution < 1.29 is 0 Å². The normalized spacial score (nSPS) is 13.3. The molecule has 0 spiro atoms. The highest BCUT2D eigenvalue weighted by molar-refractivity contribution is 6.31. The molecule has 1 aromatic rings. The predicted octanol–water partition coefficient (Wildman–Crippen LogP) is 2.21. The van der Waals surface area contributed by atoms with Crippen LogP contribution in [0.15, 0.2) is 18.2 Å². The zero-order chi connectivity index (χ0) is 10.7. The highest BCUT2D eigenvalue weighted by atomic mass is 35.5. The SMILES string of the molecule is Cc1ccc(C(N)CN(C)C)cc1Cl. The van der Waals surface area contributed by atoms with Crippen LogP contribution in [0.1, 0.15) is 17.2 Å². The van der Waals surface area contributed by atoms with Crippen molar-refractivity contribution in [1.82, 2.24) is 4.90 Å². The molecule has 2 nitrogen and oxygen atoms in total. The summed E-state index contributed by atoms with van der Waals surface area (Å²) in [7, 11) is 4.02. The van der Waals surface area contributed by atoms with Gasteiger partial charge in [-0.2, -0.15) is 0 Å². The van der Waals surface area contributed by atoms with Gasteiger partial charge in [-0.1, -0.05) is 23.7 Å². The quantitative estimate of drug-likeness (QED) is 0.833. The first kappa shape index (κ1) is 11.5. The van der Waals surface area contributed by atoms with Crippen LogP contribution >= 0.6 is 11.6 Å². The summed E-state index contributed by atoms with van der Waals surface area (Å²) >= 11 is 6.03. The summed E-state index contributed by atoms with van der Waals surface area (Å²) < 4.78 is 0. The van der Waals surface area contributed by atoms with E-state index in [9.17, 15) is 0 Å². The van der Waals surface area contributed by atoms with Crippen molar-refractivity contribution >= 4 is 11.6 Å². The van der Waals surface area contributed by atoms with E-state index in [1.54, 1.807) is 0 Å². The molecule has 1 atom stereocenters. The van der Waals surface area contributed by atoms with Crippen molar-refractivity contribution in [3.05, 3.63) is 34.3 Å². The van der Waals surface area contributed by atoms with Crippen molar-refractivity contribution in [3.63, 3.8) is 0 Å². The second-order valence-corrected chi connectivity index (χ2v) is 4.28. The minimum Gasteiger partial charge on any atom is -0.323 e. The summed E-state index contributed by atoms with van der Waals surface area (Å²) in [5.74, 6) is 0. The predicted molar refractivity (Wildman–Crippen MR) is 61.7 cm³/mol. The first-order valence-electron chi connectivity index (χ1n) is 4.67. The summed E-state index contributed by atoms with van der Waals surface area (Å²) in [4.78, 5) is 2.07. The van der Waals surface area contributed by atoms with Gasteiger partial charge in [-0.3, -0.25) is 0 Å². The Hall–Kier alpha value is -0.570. The fourth-order valence-corrected chi connectivity index (χ4v) is 1.53. The van der Waals surface area contributed by atoms with Gasteiger partial charge in [-0.05, 0) is 38.2 Å². The summed E-state index contributed by atoms with van der Waals surface area (Å²) in [5, 5.41) is 0.789. The molecule has 3 heteroatoms. The molecule has 0 fully saturated rings. The molecule has 0 aromatic heterocycles. The Morgan fingerprint density at radius 2 is 2.07 bits per heavy atom. The minimum absolute atomic E-state index is 0.0306. The summed E-state index contributed by atoms with van der Waals surface area (Å²) in [6, 6.07) is 6.02. The second kappa shape index (κ2) is 4.78. The first-order chi connectivity index (χ1) is 6.50. The summed E-state index contributed by atoms with van der Waals surface area (Å²) in [5.41, 5.74) is 8.20. The highest BCUT2D eigenvalue weighted by Crippen LogP contribution is 2.20. The van der Waals surface area contributed by atoms with Gasteiger partial charge in [-0.15, -0.1) is 0 Å². The van der Waals surface area contributed by atoms with E-state index in [1.807, 2.05) is 39.2 Å². The molecule has 0 aliphatic heterocycles. The van der Waals surface area contributed by atoms with Crippen LogP contribution < -0.4 is 5.73 Å². The maximum absolute atomic E-state index is 6.03. The number of aryl methyl sites for hydroxylation is 1. The molecule has 14 heavy (non-hydrogen) atoms. The Balaban J connectivity index is 2.80. The van der Waals surface area contributed by atoms with Crippen molar-refractivity contribution in [2.45, 2.75) is 13.0 Å². The lowest BCUT2D eigenvalue weighted by molar-refractivity contribution is 0.376. The molecule has 1 unspecified atom stereocenters. The minimum atomic E-state index is 0.0306. The van der Waals surface area contributed by atoms with Crippen molar-refractivity contribution in [2.24, 2.45) is 5.73 Å². The van der Waals surface area contributed by atoms with Gasteiger partial charge in [0.2, 0.25) is 0 Å². The van der Waals surface area contributed by atoms with Crippen LogP contribution in [0.25, 0.3) is 0 Å². The molecular formula is C11H17ClN2. The number of nitrogens with two attached hydrogens (primary N) is 1. The number of rotatable bonds is 3. The molecule has 0 aliphatic carbocycles. The average Bonchev–Trinajstić information content (AvgIpc) is 2.08. The zero-order valence-corrected chi connectivity index (χ0v) is 9.67. The van der Waals surface area contributed by atoms with Gasteiger partial charge in [0.1, 0.15) is 0 Å². The van der Waals surface area contributed by atoms with Crippen molar-refractivity contribution in [1.29, 1.82) is 0 Å². The van der Waals surface area contributed by atoms with Crippen LogP contribution in [0.4, 0.5) is 0 Å². The van der Waals surface area contributed by atoms with Crippen LogP contribution in [-0.2, 0) is 0 Å². The van der Waals surface area contributed by atoms with E-state index in [2.05, 4.69) is 4.90 Å². The lowest BCUT2D eigenvalue weighted by atomic mass is 10.1. The van der Waals surface area contributed by atoms with E-state index >= 15 is 0 Å². The van der Waals surface area contributed by atoms with Gasteiger partial charge in [0.05, 0.1) is 0 Å². The van der Waals surface area contributed by atoms with E-state index in [1.165, 1.54) is 0 Å². The summed E-state index contributed by atoms with van der Waals surface area (Å²) in [6.45, 7) is 2.82. The maximum atomic E-state index is 6.03. The van der Waals surface area contributed by atoms with E-state index in [0.29, 0.717) is 0 Å². The molecule has 78 valence electrons. The van der Waals surface area contributed by atoms with Crippen molar-refractivity contribution in [2.75, 3.05) is 20.6 Å². The smallest absolute Gasteiger partial charge is 0.0438 e. The van der Waals surface area contributed by atoms with E-state index in [0.717, 1.165) is 22.7 Å². The standard InChI is InChI=1S/C11H17ClN2/c1-8-4-5-9(6-10(8)12)11(13)7-14(2)3/h4-6,11H,7,13H2,1-3H3. The number of hydrogen-bond donors (Lipinski definition) is 1. The Labute approximate surface area is 90.7 Å². The van der Waals surface area contributed by atoms with Gasteiger partial charge in [0.15, 0.2) is 0 Å². The second-order valence-electron chi connectivity index (χ2n) is 3.88. The molecule has 0 radical (unpaired) electrons. The van der Waals surface area contributed by atoms with Crippen molar-refractivity contribution in [3.8, 4) is 0 Å². The zero-order valence-electron chi connectivity index (χ0n) is 8.92. The molecule has 0 heterocycles. The van der Waals surface area contributed by atoms with Gasteiger partial charge >= 0.3 is 0 Å². The van der Waals surface area contributed by atoms with Gasteiger partial charge in [-0.25, -0.2) is 0 Å². The van der Waals surface area contributed by atoms with Crippen LogP contribution in [0.2, 0.25) is 5.02 Å². The van der Waals surface area contributed by atoms with E-state index < -0.39 is 0 Å². The number of nitrogens with zero attached hydrogens (tertiary/aromatic N) is 1. The molecule has 0 aliphatic rings. The molecule has 1 aromatic carbocycles. The number of likely N-dealkylation sites (N-methyl/N-ethyl adjacent to an activating group) is 1. The molecule has 0 amide bonds. The topological polar surface area (TPSA) is 29.3 Å². The first-order valence-corrected chi connectivity index (χ1v) is 5.05. The van der Waals surface area contributed by atoms with Crippen LogP contribution in [0, 0.1) is 6.92 Å². The molecule has 2 N–H and O–H groups in total. The number of benzene rings is 1. The van der Waals surface area contributed by atoms with Gasteiger partial charge < -0.3 is 10.6 Å². The number of halogens is 1. The van der Waals surface area contributed by atoms with Crippen LogP contribution in [0.3, 0.4) is 0 Å². The van der Waals surface area contributed by atoms with Gasteiger partial charge in [0.25, 0.3) is 0 Å². The molecule has 0 bridgehead atoms. The third-order valence-corrected chi connectivity index (χ3v) is 2.59. The molecular weight excluding hydrogens is 196 g/mol. The van der Waals surface area contributed by atoms with E-state index in [-0.39, 0.29) is 6.04 Å². The van der Waals surface area contributed by atoms with E-state index in [4.69, 9.17) is 17.3 Å². The summed E-state index contributed by atoms with van der Waals surface area (Å²) in [6.07, 6.45) is 0. The third kappa shape index (κ3) is 2.98. The molecule has 0 saturated heterocycles. The van der Waals surface area contributed by atoms with Crippen LogP contribution in [0.5, 0.6) is 0 Å². The lowest BCUT2D eigenvalue weighted by Gasteiger charge is -2.17. The average molecular weight is 213 g/mol. The van der Waals surface area contributed by atoms with Crippen LogP contribution in [-0.4, -0.2) is 25.5 Å².